The largest absolute Gasteiger partial charge is 0.475 e. The first-order chi connectivity index (χ1) is 27.2. The van der Waals surface area contributed by atoms with E-state index >= 15 is 0 Å². The van der Waals surface area contributed by atoms with Crippen LogP contribution in [0.4, 0.5) is 105 Å². The lowest BCUT2D eigenvalue weighted by Crippen LogP contribution is -2.31. The van der Waals surface area contributed by atoms with Gasteiger partial charge < -0.3 is 24.5 Å². The summed E-state index contributed by atoms with van der Waals surface area (Å²) >= 11 is 0. The topological polar surface area (TPSA) is 234 Å². The molecule has 0 aromatic heterocycles. The standard InChI is InChI=1S/C6H7F8O4P.C6H9F6O4P.C4H5F6O4P.C3H5F4O4P/c7-4(8)1-16-19(15,17-2-5(9,10)11)18-3-6(12,13)14;7-5(8,9)1-4(2-6(10,11)12)3-16-17(13,14)15;5-3(6,7)1-13-15(11,12)14-2-4(8,9)10;4-2(5)3(6,7)1-11-12(8,9)10/h4H,1-3H2;4H,1-3H2,(H2,13,14,15);1-2H2,(H,11,12);2H,1H2,(H2,8,9,10). The van der Waals surface area contributed by atoms with Crippen molar-refractivity contribution in [3.63, 3.8) is 0 Å². The van der Waals surface area contributed by atoms with Crippen LogP contribution in [0.25, 0.3) is 0 Å². The predicted molar refractivity (Wildman–Crippen MR) is 149 cm³/mol. The van der Waals surface area contributed by atoms with Crippen molar-refractivity contribution in [1.82, 2.24) is 0 Å². The minimum absolute atomic E-state index is 1.32. The van der Waals surface area contributed by atoms with E-state index in [4.69, 9.17) is 24.5 Å². The minimum Gasteiger partial charge on any atom is -0.303 e. The average Bonchev–Trinajstić information content (AvgIpc) is 3.00. The van der Waals surface area contributed by atoms with Crippen molar-refractivity contribution < 1.29 is 180 Å². The predicted octanol–water partition coefficient (Wildman–Crippen LogP) is 9.39. The van der Waals surface area contributed by atoms with E-state index < -0.39 is 152 Å². The van der Waals surface area contributed by atoms with E-state index in [1.165, 1.54) is 0 Å². The SMILES string of the molecule is O=P(O)(O)OCC(CC(F)(F)F)CC(F)(F)F.O=P(O)(O)OCC(F)(F)C(F)F.O=P(O)(OCC(F)(F)F)OCC(F)(F)F.O=P(OCC(F)F)(OCC(F)(F)F)OCC(F)(F)F. The Morgan fingerprint density at radius 3 is 0.921 bits per heavy atom. The summed E-state index contributed by atoms with van der Waals surface area (Å²) in [4.78, 5) is 40.5. The summed E-state index contributed by atoms with van der Waals surface area (Å²) < 4.78 is 346. The molecular formula is C19H26F24O16P4. The number of hydrogen-bond acceptors (Lipinski definition) is 11. The lowest BCUT2D eigenvalue weighted by atomic mass is 10.0. The molecule has 44 heteroatoms. The fraction of sp³-hybridized carbons (Fsp3) is 1.00. The Bertz CT molecular complexity index is 1400. The Kier molecular flexibility index (Phi) is 29.2. The van der Waals surface area contributed by atoms with Gasteiger partial charge in [-0.2, -0.15) is 87.8 Å². The molecule has 0 spiro atoms. The van der Waals surface area contributed by atoms with Crippen molar-refractivity contribution in [1.29, 1.82) is 0 Å². The maximum atomic E-state index is 11.9. The Balaban J connectivity index is -0.000000373. The van der Waals surface area contributed by atoms with Gasteiger partial charge >= 0.3 is 80.7 Å². The summed E-state index contributed by atoms with van der Waals surface area (Å²) in [6.45, 7) is -13.9. The molecule has 0 saturated heterocycles. The lowest BCUT2D eigenvalue weighted by Gasteiger charge is -2.20. The van der Waals surface area contributed by atoms with E-state index in [1.54, 1.807) is 0 Å². The third-order valence-corrected chi connectivity index (χ3v) is 7.39. The molecule has 63 heavy (non-hydrogen) atoms. The molecule has 0 rings (SSSR count). The van der Waals surface area contributed by atoms with Crippen LogP contribution in [0.5, 0.6) is 0 Å². The maximum Gasteiger partial charge on any atom is 0.475 e. The highest BCUT2D eigenvalue weighted by Gasteiger charge is 2.44. The monoisotopic (exact) mass is 1090 g/mol. The Hall–Kier alpha value is -1.24. The quantitative estimate of drug-likeness (QED) is 0.0564. The van der Waals surface area contributed by atoms with Crippen LogP contribution < -0.4 is 0 Å². The van der Waals surface area contributed by atoms with Gasteiger partial charge in [-0.1, -0.05) is 0 Å². The highest BCUT2D eigenvalue weighted by Crippen LogP contribution is 2.52. The average molecular weight is 1090 g/mol. The van der Waals surface area contributed by atoms with Gasteiger partial charge in [-0.3, -0.25) is 31.7 Å². The molecule has 0 unspecified atom stereocenters. The molecule has 0 bridgehead atoms. The van der Waals surface area contributed by atoms with Gasteiger partial charge in [0.15, 0.2) is 26.4 Å². The van der Waals surface area contributed by atoms with E-state index in [1.807, 2.05) is 0 Å². The zero-order valence-electron chi connectivity index (χ0n) is 29.2. The van der Waals surface area contributed by atoms with Crippen LogP contribution >= 0.6 is 31.3 Å². The van der Waals surface area contributed by atoms with Gasteiger partial charge in [0.2, 0.25) is 0 Å². The van der Waals surface area contributed by atoms with Crippen LogP contribution in [-0.4, -0.2) is 127 Å². The van der Waals surface area contributed by atoms with Gasteiger partial charge in [-0.15, -0.1) is 0 Å². The molecule has 0 heterocycles. The summed E-state index contributed by atoms with van der Waals surface area (Å²) in [5, 5.41) is 0. The Labute approximate surface area is 332 Å². The van der Waals surface area contributed by atoms with Crippen LogP contribution in [0.3, 0.4) is 0 Å². The van der Waals surface area contributed by atoms with Gasteiger partial charge in [0.05, 0.1) is 6.61 Å². The molecule has 0 aliphatic heterocycles. The molecule has 0 fully saturated rings. The molecule has 0 aliphatic rings. The number of hydrogen-bond donors (Lipinski definition) is 5. The zero-order chi connectivity index (χ0) is 51.5. The third kappa shape index (κ3) is 55.0. The summed E-state index contributed by atoms with van der Waals surface area (Å²) in [6, 6.07) is 0. The highest BCUT2D eigenvalue weighted by atomic mass is 31.2. The molecule has 0 amide bonds. The van der Waals surface area contributed by atoms with Crippen LogP contribution in [0.15, 0.2) is 0 Å². The van der Waals surface area contributed by atoms with E-state index in [9.17, 15) is 124 Å². The number of rotatable bonds is 20. The second-order valence-electron chi connectivity index (χ2n) is 10.3. The van der Waals surface area contributed by atoms with Crippen molar-refractivity contribution in [3.05, 3.63) is 0 Å². The van der Waals surface area contributed by atoms with Crippen LogP contribution in [0.2, 0.25) is 0 Å². The van der Waals surface area contributed by atoms with Crippen LogP contribution in [-0.2, 0) is 49.9 Å². The molecule has 0 aromatic rings. The maximum absolute atomic E-state index is 11.9. The highest BCUT2D eigenvalue weighted by molar-refractivity contribution is 7.48. The molecular weight excluding hydrogens is 1060 g/mol. The first-order valence-electron chi connectivity index (χ1n) is 14.1. The number of phosphoric ester groups is 4. The van der Waals surface area contributed by atoms with Crippen molar-refractivity contribution >= 4 is 31.3 Å². The van der Waals surface area contributed by atoms with Crippen molar-refractivity contribution in [2.45, 2.75) is 68.7 Å². The molecule has 0 atom stereocenters. The number of alkyl halides is 24. The lowest BCUT2D eigenvalue weighted by molar-refractivity contribution is -0.176. The Morgan fingerprint density at radius 2 is 0.683 bits per heavy atom. The fourth-order valence-corrected chi connectivity index (χ4v) is 4.76. The molecule has 5 N–H and O–H groups in total. The molecule has 0 radical (unpaired) electrons. The zero-order valence-corrected chi connectivity index (χ0v) is 32.8. The van der Waals surface area contributed by atoms with Gasteiger partial charge in [0.1, 0.15) is 13.2 Å². The van der Waals surface area contributed by atoms with Gasteiger partial charge in [0.25, 0.3) is 6.43 Å². The van der Waals surface area contributed by atoms with Crippen molar-refractivity contribution in [2.75, 3.05) is 46.2 Å². The molecule has 0 aliphatic carbocycles. The van der Waals surface area contributed by atoms with E-state index in [0.717, 1.165) is 0 Å². The van der Waals surface area contributed by atoms with Gasteiger partial charge in [-0.25, -0.2) is 35.8 Å². The molecule has 0 saturated carbocycles. The number of phosphoric acid groups is 4. The minimum atomic E-state index is -5.39. The third-order valence-electron chi connectivity index (χ3n) is 4.18. The van der Waals surface area contributed by atoms with Crippen molar-refractivity contribution in [2.24, 2.45) is 5.92 Å². The fourth-order valence-electron chi connectivity index (χ4n) is 2.19. The van der Waals surface area contributed by atoms with Crippen molar-refractivity contribution in [3.8, 4) is 0 Å². The van der Waals surface area contributed by atoms with Gasteiger partial charge in [-0.05, 0) is 0 Å². The summed E-state index contributed by atoms with van der Waals surface area (Å²) in [5.41, 5.74) is 0. The van der Waals surface area contributed by atoms with E-state index in [-0.39, 0.29) is 0 Å². The normalized spacial score (nSPS) is 14.2. The second-order valence-corrected chi connectivity index (χ2v) is 15.9. The Morgan fingerprint density at radius 1 is 0.381 bits per heavy atom. The first kappa shape index (κ1) is 68.3. The van der Waals surface area contributed by atoms with Crippen LogP contribution in [0.1, 0.15) is 12.8 Å². The molecule has 16 nitrogen and oxygen atoms in total. The van der Waals surface area contributed by atoms with Crippen LogP contribution in [0, 0.1) is 5.92 Å². The molecule has 0 aromatic carbocycles. The first-order valence-corrected chi connectivity index (χ1v) is 20.1. The summed E-state index contributed by atoms with van der Waals surface area (Å²) in [6.07, 6.45) is -40.6. The molecule has 386 valence electrons. The smallest absolute Gasteiger partial charge is 0.303 e. The summed E-state index contributed by atoms with van der Waals surface area (Å²) in [5.74, 6) is -6.62. The second kappa shape index (κ2) is 26.9. The van der Waals surface area contributed by atoms with E-state index in [0.29, 0.717) is 0 Å². The summed E-state index contributed by atoms with van der Waals surface area (Å²) in [7, 11) is -20.9. The van der Waals surface area contributed by atoms with Gasteiger partial charge in [0, 0.05) is 18.8 Å². The van der Waals surface area contributed by atoms with E-state index in [2.05, 4.69) is 31.7 Å². The number of halogens is 24.